The molecule has 0 aliphatic carbocycles. The lowest BCUT2D eigenvalue weighted by Crippen LogP contribution is -2.44. The third-order valence-electron chi connectivity index (χ3n) is 5.82. The van der Waals surface area contributed by atoms with Crippen LogP contribution in [0.5, 0.6) is 11.5 Å². The van der Waals surface area contributed by atoms with Gasteiger partial charge in [0.25, 0.3) is 0 Å². The molecule has 0 bridgehead atoms. The molecule has 1 aromatic heterocycles. The van der Waals surface area contributed by atoms with Crippen LogP contribution in [0, 0.1) is 0 Å². The van der Waals surface area contributed by atoms with E-state index in [1.165, 1.54) is 0 Å². The molecule has 2 aliphatic heterocycles. The summed E-state index contributed by atoms with van der Waals surface area (Å²) in [7, 11) is 3.23. The second-order valence-electron chi connectivity index (χ2n) is 7.81. The highest BCUT2D eigenvalue weighted by molar-refractivity contribution is 6.27. The van der Waals surface area contributed by atoms with E-state index in [0.717, 1.165) is 28.4 Å². The molecule has 29 heavy (non-hydrogen) atoms. The van der Waals surface area contributed by atoms with Gasteiger partial charge in [-0.1, -0.05) is 12.1 Å². The van der Waals surface area contributed by atoms with Crippen molar-refractivity contribution in [3.8, 4) is 11.5 Å². The van der Waals surface area contributed by atoms with E-state index in [9.17, 15) is 4.79 Å². The number of carbonyl (C=O) groups is 1. The quantitative estimate of drug-likeness (QED) is 0.686. The van der Waals surface area contributed by atoms with Gasteiger partial charge in [0.15, 0.2) is 5.78 Å². The summed E-state index contributed by atoms with van der Waals surface area (Å²) in [5.74, 6) is 2.38. The van der Waals surface area contributed by atoms with E-state index in [4.69, 9.17) is 19.5 Å². The number of fused-ring (bicyclic) bond motifs is 5. The maximum atomic E-state index is 13.6. The first-order valence-corrected chi connectivity index (χ1v) is 9.53. The lowest BCUT2D eigenvalue weighted by atomic mass is 9.93. The number of ether oxygens (including phenoxy) is 2. The Labute approximate surface area is 168 Å². The summed E-state index contributed by atoms with van der Waals surface area (Å²) in [6.07, 6.45) is 0. The van der Waals surface area contributed by atoms with Gasteiger partial charge in [-0.05, 0) is 26.0 Å². The first-order valence-electron chi connectivity index (χ1n) is 9.53. The highest BCUT2D eigenvalue weighted by atomic mass is 16.5. The number of aliphatic imine (C=N–C) groups is 1. The van der Waals surface area contributed by atoms with Crippen LogP contribution in [0.4, 0.5) is 5.69 Å². The minimum Gasteiger partial charge on any atom is -0.497 e. The number of rotatable bonds is 3. The SMILES string of the molecule is COc1cc(OC)cc(N2C3=NCn4c(nc5ccccc54)C3C(=O)C2(C)C)c1. The Balaban J connectivity index is 1.69. The normalized spacial score (nSPS) is 19.7. The molecule has 0 saturated carbocycles. The van der Waals surface area contributed by atoms with Gasteiger partial charge < -0.3 is 18.9 Å². The molecule has 3 heterocycles. The third kappa shape index (κ3) is 2.40. The molecule has 2 aliphatic rings. The number of anilines is 1. The number of nitrogens with zero attached hydrogens (tertiary/aromatic N) is 4. The van der Waals surface area contributed by atoms with Crippen molar-refractivity contribution in [2.24, 2.45) is 4.99 Å². The highest BCUT2D eigenvalue weighted by Crippen LogP contribution is 2.44. The molecular weight excluding hydrogens is 368 g/mol. The summed E-state index contributed by atoms with van der Waals surface area (Å²) in [4.78, 5) is 25.2. The van der Waals surface area contributed by atoms with Crippen LogP contribution in [0.3, 0.4) is 0 Å². The zero-order valence-corrected chi connectivity index (χ0v) is 16.8. The molecule has 148 valence electrons. The minimum atomic E-state index is -0.784. The number of amidine groups is 1. The number of aromatic nitrogens is 2. The van der Waals surface area contributed by atoms with Gasteiger partial charge in [0.2, 0.25) is 0 Å². The summed E-state index contributed by atoms with van der Waals surface area (Å²) < 4.78 is 12.9. The predicted octanol–water partition coefficient (Wildman–Crippen LogP) is 3.37. The fraction of sp³-hybridized carbons (Fsp3) is 0.318. The van der Waals surface area contributed by atoms with E-state index >= 15 is 0 Å². The second-order valence-corrected chi connectivity index (χ2v) is 7.81. The number of benzene rings is 2. The van der Waals surface area contributed by atoms with Gasteiger partial charge in [0.1, 0.15) is 41.3 Å². The van der Waals surface area contributed by atoms with Crippen LogP contribution < -0.4 is 14.4 Å². The number of ketones is 1. The van der Waals surface area contributed by atoms with Crippen molar-refractivity contribution in [2.75, 3.05) is 19.1 Å². The third-order valence-corrected chi connectivity index (χ3v) is 5.82. The fourth-order valence-electron chi connectivity index (χ4n) is 4.37. The Hall–Kier alpha value is -3.35. The Morgan fingerprint density at radius 3 is 2.45 bits per heavy atom. The highest BCUT2D eigenvalue weighted by Gasteiger charge is 2.55. The molecule has 0 radical (unpaired) electrons. The zero-order valence-electron chi connectivity index (χ0n) is 16.8. The molecule has 2 aromatic carbocycles. The fourth-order valence-corrected chi connectivity index (χ4v) is 4.37. The van der Waals surface area contributed by atoms with Crippen molar-refractivity contribution in [2.45, 2.75) is 32.0 Å². The molecule has 1 unspecified atom stereocenters. The summed E-state index contributed by atoms with van der Waals surface area (Å²) in [5, 5.41) is 0. The number of para-hydroxylation sites is 2. The molecule has 7 nitrogen and oxygen atoms in total. The van der Waals surface area contributed by atoms with Crippen LogP contribution in [0.15, 0.2) is 47.5 Å². The van der Waals surface area contributed by atoms with Crippen LogP contribution in [-0.2, 0) is 11.5 Å². The van der Waals surface area contributed by atoms with Gasteiger partial charge in [0, 0.05) is 18.2 Å². The van der Waals surface area contributed by atoms with E-state index in [0.29, 0.717) is 18.2 Å². The molecular formula is C22H22N4O3. The van der Waals surface area contributed by atoms with Crippen LogP contribution in [0.25, 0.3) is 11.0 Å². The number of hydrogen-bond donors (Lipinski definition) is 0. The molecule has 0 N–H and O–H groups in total. The Kier molecular flexibility index (Phi) is 3.71. The van der Waals surface area contributed by atoms with E-state index in [-0.39, 0.29) is 5.78 Å². The average Bonchev–Trinajstić information content (AvgIpc) is 3.20. The second kappa shape index (κ2) is 6.07. The van der Waals surface area contributed by atoms with Crippen LogP contribution in [0.1, 0.15) is 25.6 Å². The molecule has 5 rings (SSSR count). The van der Waals surface area contributed by atoms with Crippen molar-refractivity contribution >= 4 is 28.3 Å². The molecule has 1 fully saturated rings. The van der Waals surface area contributed by atoms with E-state index in [1.54, 1.807) is 14.2 Å². The Morgan fingerprint density at radius 2 is 1.76 bits per heavy atom. The lowest BCUT2D eigenvalue weighted by molar-refractivity contribution is -0.121. The van der Waals surface area contributed by atoms with Crippen molar-refractivity contribution < 1.29 is 14.3 Å². The van der Waals surface area contributed by atoms with Crippen molar-refractivity contribution in [3.63, 3.8) is 0 Å². The minimum absolute atomic E-state index is 0.0780. The summed E-state index contributed by atoms with van der Waals surface area (Å²) in [6, 6.07) is 13.5. The Morgan fingerprint density at radius 1 is 1.07 bits per heavy atom. The first kappa shape index (κ1) is 17.7. The zero-order chi connectivity index (χ0) is 20.3. The summed E-state index contributed by atoms with van der Waals surface area (Å²) in [6.45, 7) is 4.28. The van der Waals surface area contributed by atoms with Gasteiger partial charge >= 0.3 is 0 Å². The van der Waals surface area contributed by atoms with Crippen LogP contribution >= 0.6 is 0 Å². The van der Waals surface area contributed by atoms with Crippen molar-refractivity contribution in [1.82, 2.24) is 9.55 Å². The van der Waals surface area contributed by atoms with Crippen molar-refractivity contribution in [1.29, 1.82) is 0 Å². The largest absolute Gasteiger partial charge is 0.497 e. The number of carbonyl (C=O) groups excluding carboxylic acids is 1. The maximum absolute atomic E-state index is 13.6. The maximum Gasteiger partial charge on any atom is 0.176 e. The molecule has 0 amide bonds. The van der Waals surface area contributed by atoms with Crippen LogP contribution in [-0.4, -0.2) is 40.9 Å². The van der Waals surface area contributed by atoms with Crippen molar-refractivity contribution in [3.05, 3.63) is 48.3 Å². The molecule has 1 saturated heterocycles. The van der Waals surface area contributed by atoms with E-state index in [2.05, 4.69) is 0 Å². The topological polar surface area (TPSA) is 69.0 Å². The summed E-state index contributed by atoms with van der Waals surface area (Å²) in [5.41, 5.74) is 1.91. The predicted molar refractivity (Wildman–Crippen MR) is 111 cm³/mol. The number of imidazole rings is 1. The number of methoxy groups -OCH3 is 2. The van der Waals surface area contributed by atoms with Crippen LogP contribution in [0.2, 0.25) is 0 Å². The van der Waals surface area contributed by atoms with Gasteiger partial charge in [-0.25, -0.2) is 9.98 Å². The number of Topliss-reactive ketones (excluding diaryl/α,β-unsaturated/α-hetero) is 1. The van der Waals surface area contributed by atoms with E-state index < -0.39 is 11.5 Å². The van der Waals surface area contributed by atoms with E-state index in [1.807, 2.05) is 65.8 Å². The smallest absolute Gasteiger partial charge is 0.176 e. The average molecular weight is 390 g/mol. The van der Waals surface area contributed by atoms with Gasteiger partial charge in [-0.15, -0.1) is 0 Å². The van der Waals surface area contributed by atoms with Gasteiger partial charge in [-0.3, -0.25) is 4.79 Å². The van der Waals surface area contributed by atoms with Gasteiger partial charge in [0.05, 0.1) is 30.9 Å². The first-order chi connectivity index (χ1) is 14.0. The number of hydrogen-bond acceptors (Lipinski definition) is 6. The standard InChI is InChI=1S/C22H22N4O3/c1-22(2)19(27)18-20(26(22)13-9-14(28-3)11-15(10-13)29-4)23-12-25-17-8-6-5-7-16(17)24-21(18)25/h5-11,18H,12H2,1-4H3. The Bertz CT molecular complexity index is 1160. The monoisotopic (exact) mass is 390 g/mol. The summed E-state index contributed by atoms with van der Waals surface area (Å²) >= 11 is 0. The molecule has 0 spiro atoms. The molecule has 3 aromatic rings. The molecule has 7 heteroatoms. The molecule has 1 atom stereocenters. The lowest BCUT2D eigenvalue weighted by Gasteiger charge is -2.32. The van der Waals surface area contributed by atoms with Gasteiger partial charge in [-0.2, -0.15) is 0 Å².